The van der Waals surface area contributed by atoms with Crippen molar-refractivity contribution in [3.63, 3.8) is 0 Å². The zero-order valence-electron chi connectivity index (χ0n) is 15.8. The molecule has 0 aromatic carbocycles. The first-order valence-corrected chi connectivity index (χ1v) is 17.6. The summed E-state index contributed by atoms with van der Waals surface area (Å²) < 4.78 is 21.7. The fourth-order valence-electron chi connectivity index (χ4n) is 2.24. The Morgan fingerprint density at radius 2 is 1.22 bits per heavy atom. The van der Waals surface area contributed by atoms with Crippen LogP contribution in [0.5, 0.6) is 0 Å². The van der Waals surface area contributed by atoms with Gasteiger partial charge in [0, 0.05) is 0 Å². The van der Waals surface area contributed by atoms with Crippen LogP contribution in [0.4, 0.5) is 0 Å². The van der Waals surface area contributed by atoms with E-state index in [0.29, 0.717) is 13.2 Å². The van der Waals surface area contributed by atoms with Gasteiger partial charge in [-0.15, -0.1) is 0 Å². The second-order valence-electron chi connectivity index (χ2n) is 7.33. The van der Waals surface area contributed by atoms with E-state index in [0.717, 1.165) is 18.1 Å². The Kier molecular flexibility index (Phi) is 14.3. The summed E-state index contributed by atoms with van der Waals surface area (Å²) in [5.74, 6) is 0. The first kappa shape index (κ1) is 23.7. The molecule has 6 heteroatoms. The molecule has 0 aliphatic heterocycles. The van der Waals surface area contributed by atoms with Gasteiger partial charge in [0.15, 0.2) is 0 Å². The number of hydrogen-bond donors (Lipinski definition) is 1. The number of hydrogen-bond acceptors (Lipinski definition) is 3. The van der Waals surface area contributed by atoms with Gasteiger partial charge in [-0.05, 0) is 0 Å². The van der Waals surface area contributed by atoms with E-state index in [-0.39, 0.29) is 0 Å². The maximum atomic E-state index is 11.7. The molecule has 0 aliphatic rings. The average Bonchev–Trinajstić information content (AvgIpc) is 2.43. The van der Waals surface area contributed by atoms with Crippen LogP contribution in [-0.4, -0.2) is 31.7 Å². The minimum absolute atomic E-state index is 0.319. The summed E-state index contributed by atoms with van der Waals surface area (Å²) in [5.41, 5.74) is 6.73. The molecule has 0 fully saturated rings. The van der Waals surface area contributed by atoms with E-state index >= 15 is 0 Å². The molecule has 23 heavy (non-hydrogen) atoms. The quantitative estimate of drug-likeness (QED) is 0.181. The van der Waals surface area contributed by atoms with Crippen LogP contribution in [0.25, 0.3) is 0 Å². The molecule has 0 saturated heterocycles. The molecule has 0 bridgehead atoms. The average molecular weight is 413 g/mol. The Bertz CT molecular complexity index is 318. The van der Waals surface area contributed by atoms with Gasteiger partial charge in [0.25, 0.3) is 0 Å². The van der Waals surface area contributed by atoms with Crippen LogP contribution < -0.4 is 0 Å². The second kappa shape index (κ2) is 13.9. The van der Waals surface area contributed by atoms with E-state index in [2.05, 4.69) is 24.1 Å². The van der Waals surface area contributed by atoms with Crippen molar-refractivity contribution in [1.29, 1.82) is 0 Å². The normalized spacial score (nSPS) is 14.8. The van der Waals surface area contributed by atoms with Crippen LogP contribution in [-0.2, 0) is 13.6 Å². The molecule has 0 radical (unpaired) electrons. The van der Waals surface area contributed by atoms with Crippen LogP contribution in [0.1, 0.15) is 71.1 Å². The first-order valence-electron chi connectivity index (χ1n) is 9.19. The molecule has 0 aliphatic carbocycles. The molecule has 0 saturated carbocycles. The fraction of sp³-hybridized carbons (Fsp3) is 1.00. The summed E-state index contributed by atoms with van der Waals surface area (Å²) in [6, 6.07) is 0. The molecule has 0 amide bonds. The molecule has 1 atom stereocenters. The molecular weight excluding hydrogens is 374 g/mol. The summed E-state index contributed by atoms with van der Waals surface area (Å²) >= 11 is -1.55. The Morgan fingerprint density at radius 1 is 0.783 bits per heavy atom. The Balaban J connectivity index is 3.40. The topological polar surface area (TPSA) is 55.8 Å². The molecule has 0 aromatic heterocycles. The third kappa shape index (κ3) is 18.8. The zero-order chi connectivity index (χ0) is 17.6. The van der Waals surface area contributed by atoms with Gasteiger partial charge in [0.1, 0.15) is 0 Å². The molecule has 140 valence electrons. The number of unbranched alkanes of at least 4 members (excludes halogenated alkanes) is 9. The molecular formula is C17H39AsO4P+. The molecule has 1 unspecified atom stereocenters. The summed E-state index contributed by atoms with van der Waals surface area (Å²) in [7, 11) is -3.83. The van der Waals surface area contributed by atoms with Crippen molar-refractivity contribution in [2.75, 3.05) is 13.2 Å². The standard InChI is InChI=1S/C17H38AsO4P/c1-5-6-7-8-9-10-11-12-13-14-16-21-23(19,20)22-17-15-18(2,3)4/h5-17H2,1-4H3/p+1. The van der Waals surface area contributed by atoms with Gasteiger partial charge < -0.3 is 0 Å². The summed E-state index contributed by atoms with van der Waals surface area (Å²) in [5, 5.41) is 0.907. The van der Waals surface area contributed by atoms with E-state index in [4.69, 9.17) is 9.05 Å². The molecule has 0 aromatic rings. The molecule has 0 rings (SSSR count). The SMILES string of the molecule is CCCCCCCCCCCCOP(=O)(O)OCC[As+](C)(C)C. The third-order valence-corrected chi connectivity index (χ3v) is 7.98. The van der Waals surface area contributed by atoms with Gasteiger partial charge in [-0.3, -0.25) is 0 Å². The predicted molar refractivity (Wildman–Crippen MR) is 102 cm³/mol. The van der Waals surface area contributed by atoms with Crippen LogP contribution in [0.3, 0.4) is 0 Å². The fourth-order valence-corrected chi connectivity index (χ4v) is 4.65. The van der Waals surface area contributed by atoms with Crippen molar-refractivity contribution in [2.45, 2.75) is 93.5 Å². The Labute approximate surface area is 146 Å². The second-order valence-corrected chi connectivity index (χ2v) is 19.3. The monoisotopic (exact) mass is 413 g/mol. The van der Waals surface area contributed by atoms with Gasteiger partial charge in [-0.25, -0.2) is 0 Å². The van der Waals surface area contributed by atoms with Gasteiger partial charge >= 0.3 is 114 Å². The molecule has 4 nitrogen and oxygen atoms in total. The Morgan fingerprint density at radius 3 is 1.70 bits per heavy atom. The van der Waals surface area contributed by atoms with Gasteiger partial charge in [-0.2, -0.15) is 0 Å². The number of phosphoric ester groups is 1. The van der Waals surface area contributed by atoms with Crippen LogP contribution in [0.15, 0.2) is 0 Å². The van der Waals surface area contributed by atoms with E-state index in [1.807, 2.05) is 0 Å². The third-order valence-electron chi connectivity index (χ3n) is 3.77. The van der Waals surface area contributed by atoms with Crippen molar-refractivity contribution in [3.05, 3.63) is 0 Å². The first-order chi connectivity index (χ1) is 10.8. The van der Waals surface area contributed by atoms with Crippen LogP contribution >= 0.6 is 7.82 Å². The van der Waals surface area contributed by atoms with Crippen molar-refractivity contribution in [2.24, 2.45) is 0 Å². The van der Waals surface area contributed by atoms with E-state index in [1.165, 1.54) is 51.4 Å². The summed E-state index contributed by atoms with van der Waals surface area (Å²) in [4.78, 5) is 9.59. The molecule has 0 spiro atoms. The summed E-state index contributed by atoms with van der Waals surface area (Å²) in [6.07, 6.45) is 12.4. The summed E-state index contributed by atoms with van der Waals surface area (Å²) in [6.45, 7) is 2.90. The van der Waals surface area contributed by atoms with Crippen LogP contribution in [0.2, 0.25) is 22.3 Å². The molecule has 0 heterocycles. The van der Waals surface area contributed by atoms with E-state index in [1.54, 1.807) is 0 Å². The van der Waals surface area contributed by atoms with Gasteiger partial charge in [-0.1, -0.05) is 32.6 Å². The van der Waals surface area contributed by atoms with Gasteiger partial charge in [0.05, 0.1) is 0 Å². The maximum absolute atomic E-state index is 11.7. The van der Waals surface area contributed by atoms with Gasteiger partial charge in [0.2, 0.25) is 0 Å². The van der Waals surface area contributed by atoms with Crippen molar-refractivity contribution < 1.29 is 18.5 Å². The minimum atomic E-state index is -3.83. The van der Waals surface area contributed by atoms with Crippen molar-refractivity contribution in [3.8, 4) is 0 Å². The van der Waals surface area contributed by atoms with Crippen molar-refractivity contribution >= 4 is 21.4 Å². The Hall–Kier alpha value is 0.668. The molecule has 1 N–H and O–H groups in total. The number of phosphoric acid groups is 1. The predicted octanol–water partition coefficient (Wildman–Crippen LogP) is 6.38. The zero-order valence-corrected chi connectivity index (χ0v) is 18.5. The number of rotatable bonds is 16. The van der Waals surface area contributed by atoms with E-state index in [9.17, 15) is 9.46 Å². The van der Waals surface area contributed by atoms with Crippen molar-refractivity contribution in [1.82, 2.24) is 0 Å². The van der Waals surface area contributed by atoms with E-state index < -0.39 is 21.4 Å². The van der Waals surface area contributed by atoms with Crippen LogP contribution in [0, 0.1) is 0 Å².